The fraction of sp³-hybridized carbons (Fsp3) is 0.316. The zero-order valence-electron chi connectivity index (χ0n) is 14.4. The molecular formula is C19H17ClN2O5. The van der Waals surface area contributed by atoms with E-state index in [9.17, 15) is 14.9 Å². The van der Waals surface area contributed by atoms with Crippen LogP contribution < -0.4 is 14.8 Å². The lowest BCUT2D eigenvalue weighted by atomic mass is 9.94. The van der Waals surface area contributed by atoms with Crippen molar-refractivity contribution in [3.63, 3.8) is 0 Å². The quantitative estimate of drug-likeness (QED) is 0.594. The molecule has 2 aromatic rings. The molecule has 0 saturated heterocycles. The first-order chi connectivity index (χ1) is 13.0. The predicted molar refractivity (Wildman–Crippen MR) is 99.6 cm³/mol. The third kappa shape index (κ3) is 3.42. The highest BCUT2D eigenvalue weighted by Crippen LogP contribution is 2.46. The fourth-order valence-corrected chi connectivity index (χ4v) is 3.69. The number of fused-ring (bicyclic) bond motifs is 1. The van der Waals surface area contributed by atoms with Crippen molar-refractivity contribution in [2.45, 2.75) is 37.9 Å². The molecular weight excluding hydrogens is 372 g/mol. The Morgan fingerprint density at radius 2 is 1.81 bits per heavy atom. The molecule has 4 rings (SSSR count). The van der Waals surface area contributed by atoms with Gasteiger partial charge in [0.1, 0.15) is 5.56 Å². The predicted octanol–water partition coefficient (Wildman–Crippen LogP) is 4.93. The summed E-state index contributed by atoms with van der Waals surface area (Å²) in [7, 11) is 0. The molecule has 140 valence electrons. The van der Waals surface area contributed by atoms with Crippen molar-refractivity contribution >= 4 is 28.9 Å². The first-order valence-electron chi connectivity index (χ1n) is 8.73. The van der Waals surface area contributed by atoms with Gasteiger partial charge in [-0.25, -0.2) is 0 Å². The summed E-state index contributed by atoms with van der Waals surface area (Å²) in [5.41, 5.74) is 0.0530. The number of hydrogen-bond donors (Lipinski definition) is 1. The van der Waals surface area contributed by atoms with Gasteiger partial charge in [0.25, 0.3) is 17.4 Å². The Balaban J connectivity index is 1.55. The molecule has 1 spiro atoms. The summed E-state index contributed by atoms with van der Waals surface area (Å²) in [5.74, 6) is -0.0102. The number of nitrogens with zero attached hydrogens (tertiary/aromatic N) is 1. The highest BCUT2D eigenvalue weighted by molar-refractivity contribution is 6.31. The van der Waals surface area contributed by atoms with Crippen LogP contribution in [-0.4, -0.2) is 16.6 Å². The third-order valence-electron chi connectivity index (χ3n) is 4.81. The van der Waals surface area contributed by atoms with Crippen molar-refractivity contribution in [2.24, 2.45) is 0 Å². The lowest BCUT2D eigenvalue weighted by molar-refractivity contribution is -0.385. The maximum absolute atomic E-state index is 12.5. The molecule has 1 saturated carbocycles. The van der Waals surface area contributed by atoms with Gasteiger partial charge in [-0.15, -0.1) is 0 Å². The lowest BCUT2D eigenvalue weighted by Gasteiger charge is -2.31. The molecule has 27 heavy (non-hydrogen) atoms. The Kier molecular flexibility index (Phi) is 4.39. The summed E-state index contributed by atoms with van der Waals surface area (Å²) in [6.07, 6.45) is 4.94. The minimum absolute atomic E-state index is 0.103. The fourth-order valence-electron chi connectivity index (χ4n) is 3.51. The average Bonchev–Trinajstić information content (AvgIpc) is 2.98. The van der Waals surface area contributed by atoms with Gasteiger partial charge in [-0.1, -0.05) is 18.0 Å². The van der Waals surface area contributed by atoms with Crippen LogP contribution in [0.2, 0.25) is 5.02 Å². The zero-order valence-corrected chi connectivity index (χ0v) is 15.1. The maximum atomic E-state index is 12.5. The van der Waals surface area contributed by atoms with Gasteiger partial charge < -0.3 is 14.8 Å². The van der Waals surface area contributed by atoms with Gasteiger partial charge in [0.2, 0.25) is 0 Å². The van der Waals surface area contributed by atoms with Crippen molar-refractivity contribution < 1.29 is 19.2 Å². The minimum Gasteiger partial charge on any atom is -0.448 e. The number of carbonyl (C=O) groups is 1. The normalized spacial score (nSPS) is 16.9. The van der Waals surface area contributed by atoms with Gasteiger partial charge in [-0.2, -0.15) is 0 Å². The molecule has 0 aromatic heterocycles. The maximum Gasteiger partial charge on any atom is 0.282 e. The smallest absolute Gasteiger partial charge is 0.282 e. The van der Waals surface area contributed by atoms with Gasteiger partial charge in [-0.05, 0) is 37.1 Å². The topological polar surface area (TPSA) is 90.7 Å². The Labute approximate surface area is 160 Å². The van der Waals surface area contributed by atoms with E-state index in [0.29, 0.717) is 17.2 Å². The van der Waals surface area contributed by atoms with Crippen LogP contribution in [0, 0.1) is 10.1 Å². The van der Waals surface area contributed by atoms with E-state index in [2.05, 4.69) is 5.32 Å². The number of benzene rings is 2. The number of hydrogen-bond acceptors (Lipinski definition) is 5. The second-order valence-electron chi connectivity index (χ2n) is 6.71. The SMILES string of the molecule is O=C(Nc1ccc2c(c1)OC1(CCCCC1)O2)c1cc(Cl)ccc1[N+](=O)[O-]. The molecule has 1 aliphatic carbocycles. The van der Waals surface area contributed by atoms with Crippen LogP contribution >= 0.6 is 11.6 Å². The van der Waals surface area contributed by atoms with Gasteiger partial charge in [-0.3, -0.25) is 14.9 Å². The van der Waals surface area contributed by atoms with E-state index in [4.69, 9.17) is 21.1 Å². The molecule has 0 atom stereocenters. The summed E-state index contributed by atoms with van der Waals surface area (Å²) in [5, 5.41) is 14.1. The van der Waals surface area contributed by atoms with Crippen LogP contribution in [0.25, 0.3) is 0 Å². The number of nitro benzene ring substituents is 1. The Hall–Kier alpha value is -2.80. The molecule has 1 amide bonds. The van der Waals surface area contributed by atoms with Crippen molar-refractivity contribution in [1.82, 2.24) is 0 Å². The number of halogens is 1. The molecule has 7 nitrogen and oxygen atoms in total. The Morgan fingerprint density at radius 3 is 2.56 bits per heavy atom. The standard InChI is InChI=1S/C19H17ClN2O5/c20-12-4-6-15(22(24)25)14(10-12)18(23)21-13-5-7-16-17(11-13)27-19(26-16)8-2-1-3-9-19/h4-7,10-11H,1-3,8-9H2,(H,21,23). The first-order valence-corrected chi connectivity index (χ1v) is 9.11. The van der Waals surface area contributed by atoms with E-state index < -0.39 is 16.6 Å². The summed E-state index contributed by atoms with van der Waals surface area (Å²) >= 11 is 5.89. The number of ether oxygens (including phenoxy) is 2. The average molecular weight is 389 g/mol. The zero-order chi connectivity index (χ0) is 19.0. The van der Waals surface area contributed by atoms with Crippen LogP contribution in [0.3, 0.4) is 0 Å². The number of nitro groups is 1. The molecule has 1 aliphatic heterocycles. The monoisotopic (exact) mass is 388 g/mol. The summed E-state index contributed by atoms with van der Waals surface area (Å²) in [6.45, 7) is 0. The molecule has 2 aromatic carbocycles. The number of anilines is 1. The van der Waals surface area contributed by atoms with E-state index in [1.54, 1.807) is 18.2 Å². The van der Waals surface area contributed by atoms with Crippen molar-refractivity contribution in [2.75, 3.05) is 5.32 Å². The molecule has 1 N–H and O–H groups in total. The second-order valence-corrected chi connectivity index (χ2v) is 7.15. The molecule has 0 unspecified atom stereocenters. The number of nitrogens with one attached hydrogen (secondary N) is 1. The van der Waals surface area contributed by atoms with E-state index in [1.807, 2.05) is 0 Å². The van der Waals surface area contributed by atoms with Crippen molar-refractivity contribution in [3.05, 3.63) is 57.1 Å². The van der Waals surface area contributed by atoms with Gasteiger partial charge in [0.05, 0.1) is 4.92 Å². The summed E-state index contributed by atoms with van der Waals surface area (Å²) in [6, 6.07) is 8.95. The highest BCUT2D eigenvalue weighted by Gasteiger charge is 2.42. The summed E-state index contributed by atoms with van der Waals surface area (Å²) < 4.78 is 12.0. The van der Waals surface area contributed by atoms with Gasteiger partial charge >= 0.3 is 0 Å². The largest absolute Gasteiger partial charge is 0.448 e. The van der Waals surface area contributed by atoms with E-state index in [0.717, 1.165) is 25.7 Å². The second kappa shape index (κ2) is 6.74. The van der Waals surface area contributed by atoms with E-state index >= 15 is 0 Å². The van der Waals surface area contributed by atoms with Crippen LogP contribution in [0.1, 0.15) is 42.5 Å². The summed E-state index contributed by atoms with van der Waals surface area (Å²) in [4.78, 5) is 23.1. The first kappa shape index (κ1) is 17.6. The molecule has 2 aliphatic rings. The lowest BCUT2D eigenvalue weighted by Crippen LogP contribution is -2.40. The highest BCUT2D eigenvalue weighted by atomic mass is 35.5. The van der Waals surface area contributed by atoms with Gasteiger partial charge in [0.15, 0.2) is 11.5 Å². The minimum atomic E-state index is -0.615. The molecule has 0 bridgehead atoms. The number of rotatable bonds is 3. The van der Waals surface area contributed by atoms with E-state index in [1.165, 1.54) is 24.6 Å². The third-order valence-corrected chi connectivity index (χ3v) is 5.04. The number of amides is 1. The molecule has 0 radical (unpaired) electrons. The van der Waals surface area contributed by atoms with Crippen molar-refractivity contribution in [1.29, 1.82) is 0 Å². The van der Waals surface area contributed by atoms with Gasteiger partial charge in [0, 0.05) is 35.7 Å². The van der Waals surface area contributed by atoms with Crippen LogP contribution in [0.5, 0.6) is 11.5 Å². The Morgan fingerprint density at radius 1 is 1.07 bits per heavy atom. The molecule has 8 heteroatoms. The van der Waals surface area contributed by atoms with Crippen LogP contribution in [0.15, 0.2) is 36.4 Å². The van der Waals surface area contributed by atoms with E-state index in [-0.39, 0.29) is 16.3 Å². The van der Waals surface area contributed by atoms with Crippen molar-refractivity contribution in [3.8, 4) is 11.5 Å². The molecule has 1 fully saturated rings. The molecule has 1 heterocycles. The van der Waals surface area contributed by atoms with Crippen LogP contribution in [0.4, 0.5) is 11.4 Å². The van der Waals surface area contributed by atoms with Crippen LogP contribution in [-0.2, 0) is 0 Å². The number of carbonyl (C=O) groups excluding carboxylic acids is 1. The Bertz CT molecular complexity index is 924.